The lowest BCUT2D eigenvalue weighted by molar-refractivity contribution is 0.405. The summed E-state index contributed by atoms with van der Waals surface area (Å²) in [7, 11) is 1.60. The third-order valence-electron chi connectivity index (χ3n) is 2.27. The Hall–Kier alpha value is -1.81. The van der Waals surface area contributed by atoms with Crippen molar-refractivity contribution in [1.29, 1.82) is 0 Å². The Morgan fingerprint density at radius 2 is 2.33 bits per heavy atom. The number of furan rings is 1. The summed E-state index contributed by atoms with van der Waals surface area (Å²) in [6.07, 6.45) is 6.57. The minimum atomic E-state index is -0.248. The Labute approximate surface area is 87.7 Å². The second kappa shape index (κ2) is 4.14. The molecule has 2 aromatic heterocycles. The number of hydrogen-bond donors (Lipinski definition) is 1. The van der Waals surface area contributed by atoms with E-state index < -0.39 is 0 Å². The molecule has 0 spiro atoms. The molecule has 78 valence electrons. The largest absolute Gasteiger partial charge is 0.495 e. The number of nitrogens with zero attached hydrogens (tertiary/aromatic N) is 1. The molecule has 2 heterocycles. The summed E-state index contributed by atoms with van der Waals surface area (Å²) in [6, 6.07) is 3.43. The van der Waals surface area contributed by atoms with Crippen molar-refractivity contribution in [2.24, 2.45) is 5.73 Å². The SMILES string of the molecule is COc1cnccc1C(N)c1ccoc1. The highest BCUT2D eigenvalue weighted by molar-refractivity contribution is 5.38. The molecule has 0 aliphatic carbocycles. The highest BCUT2D eigenvalue weighted by Crippen LogP contribution is 2.27. The Morgan fingerprint density at radius 3 is 3.00 bits per heavy atom. The molecule has 0 aliphatic heterocycles. The number of hydrogen-bond acceptors (Lipinski definition) is 4. The molecule has 0 aliphatic rings. The van der Waals surface area contributed by atoms with E-state index in [1.54, 1.807) is 32.0 Å². The van der Waals surface area contributed by atoms with E-state index in [0.717, 1.165) is 11.1 Å². The number of methoxy groups -OCH3 is 1. The van der Waals surface area contributed by atoms with Gasteiger partial charge < -0.3 is 14.9 Å². The molecule has 2 N–H and O–H groups in total. The number of aromatic nitrogens is 1. The van der Waals surface area contributed by atoms with Crippen molar-refractivity contribution in [3.63, 3.8) is 0 Å². The van der Waals surface area contributed by atoms with Crippen LogP contribution in [-0.2, 0) is 0 Å². The molecule has 0 saturated heterocycles. The van der Waals surface area contributed by atoms with Crippen LogP contribution in [-0.4, -0.2) is 12.1 Å². The summed E-state index contributed by atoms with van der Waals surface area (Å²) in [4.78, 5) is 3.98. The molecule has 0 amide bonds. The van der Waals surface area contributed by atoms with Gasteiger partial charge in [0.15, 0.2) is 0 Å². The molecule has 1 unspecified atom stereocenters. The Morgan fingerprint density at radius 1 is 1.47 bits per heavy atom. The van der Waals surface area contributed by atoms with Gasteiger partial charge in [0.1, 0.15) is 5.75 Å². The van der Waals surface area contributed by atoms with Crippen molar-refractivity contribution in [2.45, 2.75) is 6.04 Å². The summed E-state index contributed by atoms with van der Waals surface area (Å²) in [5, 5.41) is 0. The Balaban J connectivity index is 2.37. The highest BCUT2D eigenvalue weighted by Gasteiger charge is 2.14. The predicted molar refractivity (Wildman–Crippen MR) is 55.5 cm³/mol. The number of nitrogens with two attached hydrogens (primary N) is 1. The van der Waals surface area contributed by atoms with Crippen LogP contribution in [0, 0.1) is 0 Å². The van der Waals surface area contributed by atoms with Gasteiger partial charge in [-0.25, -0.2) is 0 Å². The number of ether oxygens (including phenoxy) is 1. The monoisotopic (exact) mass is 204 g/mol. The maximum absolute atomic E-state index is 6.07. The van der Waals surface area contributed by atoms with Crippen molar-refractivity contribution < 1.29 is 9.15 Å². The van der Waals surface area contributed by atoms with E-state index >= 15 is 0 Å². The predicted octanol–water partition coefficient (Wildman–Crippen LogP) is 1.73. The van der Waals surface area contributed by atoms with Crippen LogP contribution in [0.4, 0.5) is 0 Å². The Bertz CT molecular complexity index is 426. The van der Waals surface area contributed by atoms with E-state index in [1.807, 2.05) is 12.1 Å². The summed E-state index contributed by atoms with van der Waals surface area (Å²) >= 11 is 0. The van der Waals surface area contributed by atoms with Gasteiger partial charge in [0.25, 0.3) is 0 Å². The molecule has 2 rings (SSSR count). The summed E-state index contributed by atoms with van der Waals surface area (Å²) < 4.78 is 10.2. The minimum absolute atomic E-state index is 0.248. The van der Waals surface area contributed by atoms with E-state index in [9.17, 15) is 0 Å². The molecule has 4 nitrogen and oxygen atoms in total. The van der Waals surface area contributed by atoms with Gasteiger partial charge in [-0.15, -0.1) is 0 Å². The van der Waals surface area contributed by atoms with Crippen LogP contribution in [0.1, 0.15) is 17.2 Å². The zero-order chi connectivity index (χ0) is 10.7. The highest BCUT2D eigenvalue weighted by atomic mass is 16.5. The average Bonchev–Trinajstić information content (AvgIpc) is 2.81. The summed E-state index contributed by atoms with van der Waals surface area (Å²) in [5.74, 6) is 0.686. The fraction of sp³-hybridized carbons (Fsp3) is 0.182. The van der Waals surface area contributed by atoms with E-state index in [0.29, 0.717) is 5.75 Å². The van der Waals surface area contributed by atoms with Gasteiger partial charge in [0.2, 0.25) is 0 Å². The van der Waals surface area contributed by atoms with Crippen molar-refractivity contribution in [3.8, 4) is 5.75 Å². The summed E-state index contributed by atoms with van der Waals surface area (Å²) in [5.41, 5.74) is 7.88. The fourth-order valence-corrected chi connectivity index (χ4v) is 1.45. The maximum atomic E-state index is 6.07. The normalized spacial score (nSPS) is 12.4. The van der Waals surface area contributed by atoms with Crippen LogP contribution in [0.15, 0.2) is 41.5 Å². The molecule has 0 aromatic carbocycles. The third-order valence-corrected chi connectivity index (χ3v) is 2.27. The first-order chi connectivity index (χ1) is 7.33. The van der Waals surface area contributed by atoms with Crippen molar-refractivity contribution >= 4 is 0 Å². The zero-order valence-corrected chi connectivity index (χ0v) is 8.38. The maximum Gasteiger partial charge on any atom is 0.142 e. The van der Waals surface area contributed by atoms with E-state index in [4.69, 9.17) is 14.9 Å². The van der Waals surface area contributed by atoms with Gasteiger partial charge in [0.05, 0.1) is 31.9 Å². The third kappa shape index (κ3) is 1.85. The van der Waals surface area contributed by atoms with Crippen molar-refractivity contribution in [2.75, 3.05) is 7.11 Å². The fourth-order valence-electron chi connectivity index (χ4n) is 1.45. The van der Waals surface area contributed by atoms with Gasteiger partial charge in [0, 0.05) is 17.3 Å². The lowest BCUT2D eigenvalue weighted by Gasteiger charge is -2.13. The van der Waals surface area contributed by atoms with Crippen LogP contribution in [0.3, 0.4) is 0 Å². The first-order valence-electron chi connectivity index (χ1n) is 4.58. The summed E-state index contributed by atoms with van der Waals surface area (Å²) in [6.45, 7) is 0. The molecule has 0 saturated carbocycles. The molecular formula is C11H12N2O2. The number of pyridine rings is 1. The lowest BCUT2D eigenvalue weighted by Crippen LogP contribution is -2.12. The average molecular weight is 204 g/mol. The minimum Gasteiger partial charge on any atom is -0.495 e. The van der Waals surface area contributed by atoms with Gasteiger partial charge >= 0.3 is 0 Å². The molecular weight excluding hydrogens is 192 g/mol. The lowest BCUT2D eigenvalue weighted by atomic mass is 10.0. The van der Waals surface area contributed by atoms with E-state index in [2.05, 4.69) is 4.98 Å². The van der Waals surface area contributed by atoms with E-state index in [1.165, 1.54) is 0 Å². The van der Waals surface area contributed by atoms with Crippen LogP contribution in [0.5, 0.6) is 5.75 Å². The van der Waals surface area contributed by atoms with Crippen molar-refractivity contribution in [1.82, 2.24) is 4.98 Å². The quantitative estimate of drug-likeness (QED) is 0.827. The van der Waals surface area contributed by atoms with Gasteiger partial charge in [-0.1, -0.05) is 0 Å². The van der Waals surface area contributed by atoms with Crippen LogP contribution in [0.2, 0.25) is 0 Å². The first-order valence-corrected chi connectivity index (χ1v) is 4.58. The topological polar surface area (TPSA) is 61.3 Å². The first kappa shape index (κ1) is 9.73. The molecule has 4 heteroatoms. The molecule has 0 radical (unpaired) electrons. The second-order valence-electron chi connectivity index (χ2n) is 3.15. The molecule has 2 aromatic rings. The van der Waals surface area contributed by atoms with Crippen molar-refractivity contribution in [3.05, 3.63) is 48.2 Å². The standard InChI is InChI=1S/C11H12N2O2/c1-14-10-6-13-4-2-9(10)11(12)8-3-5-15-7-8/h2-7,11H,12H2,1H3. The molecule has 1 atom stereocenters. The zero-order valence-electron chi connectivity index (χ0n) is 8.38. The second-order valence-corrected chi connectivity index (χ2v) is 3.15. The molecule has 0 bridgehead atoms. The smallest absolute Gasteiger partial charge is 0.142 e. The molecule has 0 fully saturated rings. The van der Waals surface area contributed by atoms with Crippen LogP contribution < -0.4 is 10.5 Å². The van der Waals surface area contributed by atoms with Gasteiger partial charge in [-0.2, -0.15) is 0 Å². The van der Waals surface area contributed by atoms with Gasteiger partial charge in [-0.05, 0) is 12.1 Å². The van der Waals surface area contributed by atoms with Crippen LogP contribution in [0.25, 0.3) is 0 Å². The number of rotatable bonds is 3. The van der Waals surface area contributed by atoms with E-state index in [-0.39, 0.29) is 6.04 Å². The van der Waals surface area contributed by atoms with Gasteiger partial charge in [-0.3, -0.25) is 4.98 Å². The molecule has 15 heavy (non-hydrogen) atoms. The van der Waals surface area contributed by atoms with Crippen LogP contribution >= 0.6 is 0 Å². The Kier molecular flexibility index (Phi) is 2.69.